The van der Waals surface area contributed by atoms with E-state index in [0.717, 1.165) is 42.9 Å². The first-order valence-corrected chi connectivity index (χ1v) is 9.05. The molecule has 0 saturated heterocycles. The number of allylic oxidation sites excluding steroid dienone is 1. The lowest BCUT2D eigenvalue weighted by Crippen LogP contribution is -2.26. The molecule has 2 heterocycles. The number of carbonyl (C=O) groups excluding carboxylic acids is 1. The molecular weight excluding hydrogens is 378 g/mol. The molecule has 1 aliphatic carbocycles. The number of nitrogens with zero attached hydrogens (tertiary/aromatic N) is 2. The van der Waals surface area contributed by atoms with Crippen LogP contribution in [0.15, 0.2) is 23.9 Å². The van der Waals surface area contributed by atoms with Crippen LogP contribution in [0, 0.1) is 0 Å². The fourth-order valence-electron chi connectivity index (χ4n) is 3.76. The first-order valence-electron chi connectivity index (χ1n) is 8.67. The number of aldehydes is 1. The molecule has 0 saturated carbocycles. The molecular formula is C19H17ClF2N2O3. The summed E-state index contributed by atoms with van der Waals surface area (Å²) in [6.45, 7) is -0.659. The maximum atomic E-state index is 15.1. The Labute approximate surface area is 159 Å². The number of aromatic hydroxyl groups is 1. The molecule has 4 rings (SSSR count). The van der Waals surface area contributed by atoms with E-state index in [1.165, 1.54) is 10.9 Å². The van der Waals surface area contributed by atoms with Gasteiger partial charge in [0.15, 0.2) is 6.29 Å². The van der Waals surface area contributed by atoms with Gasteiger partial charge in [-0.3, -0.25) is 9.48 Å². The van der Waals surface area contributed by atoms with Crippen molar-refractivity contribution < 1.29 is 23.4 Å². The molecule has 0 amide bonds. The quantitative estimate of drug-likeness (QED) is 0.720. The minimum Gasteiger partial charge on any atom is -0.505 e. The molecule has 1 N–H and O–H groups in total. The van der Waals surface area contributed by atoms with Gasteiger partial charge >= 0.3 is 0 Å². The van der Waals surface area contributed by atoms with Gasteiger partial charge in [-0.1, -0.05) is 11.6 Å². The summed E-state index contributed by atoms with van der Waals surface area (Å²) in [5, 5.41) is 13.8. The minimum absolute atomic E-state index is 0.0610. The fourth-order valence-corrected chi connectivity index (χ4v) is 3.97. The number of ether oxygens (including phenoxy) is 1. The summed E-state index contributed by atoms with van der Waals surface area (Å²) in [5.74, 6) is -4.29. The fraction of sp³-hybridized carbons (Fsp3) is 0.368. The van der Waals surface area contributed by atoms with Crippen LogP contribution in [-0.4, -0.2) is 27.8 Å². The number of rotatable bonds is 1. The molecule has 0 fully saturated rings. The van der Waals surface area contributed by atoms with Gasteiger partial charge in [0, 0.05) is 6.20 Å². The van der Waals surface area contributed by atoms with Crippen molar-refractivity contribution in [3.05, 3.63) is 45.7 Å². The van der Waals surface area contributed by atoms with E-state index in [4.69, 9.17) is 16.3 Å². The molecule has 0 radical (unpaired) electrons. The van der Waals surface area contributed by atoms with Gasteiger partial charge in [0.1, 0.15) is 30.2 Å². The Morgan fingerprint density at radius 3 is 2.89 bits per heavy atom. The largest absolute Gasteiger partial charge is 0.505 e. The Bertz CT molecular complexity index is 953. The van der Waals surface area contributed by atoms with Crippen LogP contribution in [0.5, 0.6) is 11.5 Å². The highest BCUT2D eigenvalue weighted by atomic mass is 35.5. The Balaban J connectivity index is 1.95. The number of halogens is 3. The standard InChI is InChI=1S/C19H17ClF2N2O3/c20-15-7-14-18(13(8-25)17(15)26)27-9-11-3-1-2-4-12(11)16-5-6-23-24(16)10-19(14,21)22/h5-8,26H,1-4,9-10H2. The van der Waals surface area contributed by atoms with Gasteiger partial charge in [-0.05, 0) is 49.0 Å². The van der Waals surface area contributed by atoms with Gasteiger partial charge < -0.3 is 9.84 Å². The summed E-state index contributed by atoms with van der Waals surface area (Å²) in [6, 6.07) is 2.69. The average Bonchev–Trinajstić information content (AvgIpc) is 3.09. The normalized spacial score (nSPS) is 18.8. The molecule has 0 bridgehead atoms. The predicted octanol–water partition coefficient (Wildman–Crippen LogP) is 4.57. The Kier molecular flexibility index (Phi) is 4.42. The molecule has 27 heavy (non-hydrogen) atoms. The number of benzene rings is 1. The lowest BCUT2D eigenvalue weighted by atomic mass is 9.89. The maximum absolute atomic E-state index is 15.1. The van der Waals surface area contributed by atoms with Crippen LogP contribution in [-0.2, 0) is 12.5 Å². The smallest absolute Gasteiger partial charge is 0.296 e. The van der Waals surface area contributed by atoms with Gasteiger partial charge in [0.05, 0.1) is 16.3 Å². The van der Waals surface area contributed by atoms with Crippen molar-refractivity contribution in [3.63, 3.8) is 0 Å². The number of aromatic nitrogens is 2. The first kappa shape index (κ1) is 18.0. The van der Waals surface area contributed by atoms with Crippen LogP contribution in [0.3, 0.4) is 0 Å². The highest BCUT2D eigenvalue weighted by molar-refractivity contribution is 6.32. The van der Waals surface area contributed by atoms with Crippen LogP contribution in [0.4, 0.5) is 8.78 Å². The molecule has 2 aliphatic rings. The number of phenolic OH excluding ortho intramolecular Hbond substituents is 1. The molecule has 142 valence electrons. The van der Waals surface area contributed by atoms with Crippen molar-refractivity contribution in [1.82, 2.24) is 9.78 Å². The lowest BCUT2D eigenvalue weighted by Gasteiger charge is -2.28. The van der Waals surface area contributed by atoms with Gasteiger partial charge in [0.25, 0.3) is 5.92 Å². The lowest BCUT2D eigenvalue weighted by molar-refractivity contribution is -0.0281. The summed E-state index contributed by atoms with van der Waals surface area (Å²) in [4.78, 5) is 11.5. The highest BCUT2D eigenvalue weighted by Gasteiger charge is 2.40. The van der Waals surface area contributed by atoms with Gasteiger partial charge in [-0.2, -0.15) is 13.9 Å². The van der Waals surface area contributed by atoms with E-state index < -0.39 is 23.8 Å². The second-order valence-electron chi connectivity index (χ2n) is 6.77. The average molecular weight is 395 g/mol. The Morgan fingerprint density at radius 2 is 2.11 bits per heavy atom. The van der Waals surface area contributed by atoms with E-state index >= 15 is 8.78 Å². The third kappa shape index (κ3) is 3.00. The number of hydrogen-bond acceptors (Lipinski definition) is 4. The topological polar surface area (TPSA) is 64.3 Å². The Morgan fingerprint density at radius 1 is 1.33 bits per heavy atom. The molecule has 1 aromatic heterocycles. The van der Waals surface area contributed by atoms with E-state index in [-0.39, 0.29) is 29.2 Å². The van der Waals surface area contributed by atoms with Gasteiger partial charge in [-0.15, -0.1) is 0 Å². The molecule has 1 aliphatic heterocycles. The monoisotopic (exact) mass is 394 g/mol. The van der Waals surface area contributed by atoms with E-state index in [9.17, 15) is 9.90 Å². The third-order valence-corrected chi connectivity index (χ3v) is 5.39. The van der Waals surface area contributed by atoms with Crippen molar-refractivity contribution in [2.75, 3.05) is 6.61 Å². The minimum atomic E-state index is -3.40. The van der Waals surface area contributed by atoms with Gasteiger partial charge in [0.2, 0.25) is 0 Å². The number of fused-ring (bicyclic) bond motifs is 3. The van der Waals surface area contributed by atoms with Crippen molar-refractivity contribution in [3.8, 4) is 11.5 Å². The second-order valence-corrected chi connectivity index (χ2v) is 7.18. The summed E-state index contributed by atoms with van der Waals surface area (Å²) < 4.78 is 37.3. The van der Waals surface area contributed by atoms with E-state index in [1.807, 2.05) is 0 Å². The SMILES string of the molecule is O=Cc1c(O)c(Cl)cc2c1OCC1=C(CCCC1)c1ccnn1CC2(F)F. The summed E-state index contributed by atoms with van der Waals surface area (Å²) in [6.07, 6.45) is 5.28. The zero-order valence-corrected chi connectivity index (χ0v) is 15.1. The summed E-state index contributed by atoms with van der Waals surface area (Å²) in [5.41, 5.74) is 1.72. The number of alkyl halides is 2. The summed E-state index contributed by atoms with van der Waals surface area (Å²) >= 11 is 5.88. The molecule has 5 nitrogen and oxygen atoms in total. The van der Waals surface area contributed by atoms with E-state index in [2.05, 4.69) is 5.10 Å². The first-order chi connectivity index (χ1) is 12.9. The molecule has 8 heteroatoms. The predicted molar refractivity (Wildman–Crippen MR) is 95.5 cm³/mol. The zero-order chi connectivity index (χ0) is 19.2. The molecule has 0 atom stereocenters. The molecule has 1 aromatic carbocycles. The van der Waals surface area contributed by atoms with Crippen molar-refractivity contribution in [2.24, 2.45) is 0 Å². The number of carbonyl (C=O) groups is 1. The molecule has 0 spiro atoms. The summed E-state index contributed by atoms with van der Waals surface area (Å²) in [7, 11) is 0. The number of phenols is 1. The van der Waals surface area contributed by atoms with Crippen LogP contribution in [0.1, 0.15) is 47.3 Å². The highest BCUT2D eigenvalue weighted by Crippen LogP contribution is 2.46. The van der Waals surface area contributed by atoms with Crippen LogP contribution >= 0.6 is 11.6 Å². The third-order valence-electron chi connectivity index (χ3n) is 5.10. The molecule has 2 aromatic rings. The van der Waals surface area contributed by atoms with Crippen LogP contribution in [0.25, 0.3) is 5.57 Å². The van der Waals surface area contributed by atoms with E-state index in [0.29, 0.717) is 5.69 Å². The van der Waals surface area contributed by atoms with Crippen molar-refractivity contribution in [1.29, 1.82) is 0 Å². The molecule has 0 unspecified atom stereocenters. The van der Waals surface area contributed by atoms with Gasteiger partial charge in [-0.25, -0.2) is 0 Å². The van der Waals surface area contributed by atoms with Crippen LogP contribution in [0.2, 0.25) is 5.02 Å². The Hall–Kier alpha value is -2.41. The van der Waals surface area contributed by atoms with Crippen molar-refractivity contribution in [2.45, 2.75) is 38.2 Å². The second kappa shape index (κ2) is 6.64. The number of hydrogen-bond donors (Lipinski definition) is 1. The zero-order valence-electron chi connectivity index (χ0n) is 14.3. The maximum Gasteiger partial charge on any atom is 0.296 e. The van der Waals surface area contributed by atoms with Crippen molar-refractivity contribution >= 4 is 23.5 Å². The van der Waals surface area contributed by atoms with Crippen LogP contribution < -0.4 is 4.74 Å². The van der Waals surface area contributed by atoms with E-state index in [1.54, 1.807) is 6.07 Å².